The predicted molar refractivity (Wildman–Crippen MR) is 69.8 cm³/mol. The van der Waals surface area contributed by atoms with Gasteiger partial charge in [-0.1, -0.05) is 51.1 Å². The van der Waals surface area contributed by atoms with Gasteiger partial charge in [0.25, 0.3) is 0 Å². The van der Waals surface area contributed by atoms with Gasteiger partial charge in [-0.05, 0) is 18.4 Å². The molecule has 0 spiro atoms. The van der Waals surface area contributed by atoms with E-state index < -0.39 is 0 Å². The molecule has 1 N–H and O–H groups in total. The zero-order chi connectivity index (χ0) is 10.6. The van der Waals surface area contributed by atoms with Crippen LogP contribution >= 0.6 is 12.4 Å². The molecule has 0 fully saturated rings. The third kappa shape index (κ3) is 4.67. The van der Waals surface area contributed by atoms with E-state index in [4.69, 9.17) is 0 Å². The molecule has 86 valence electrons. The summed E-state index contributed by atoms with van der Waals surface area (Å²) in [7, 11) is 0. The van der Waals surface area contributed by atoms with Gasteiger partial charge in [0.05, 0.1) is 0 Å². The van der Waals surface area contributed by atoms with E-state index in [2.05, 4.69) is 63.3 Å². The van der Waals surface area contributed by atoms with E-state index in [0.29, 0.717) is 18.0 Å². The summed E-state index contributed by atoms with van der Waals surface area (Å²) >= 11 is 0. The maximum absolute atomic E-state index is 3.54. The molecular weight excluding hydrogens is 206 g/mol. The Labute approximate surface area is 99.7 Å². The molecule has 1 aromatic carbocycles. The molecule has 0 heterocycles. The van der Waals surface area contributed by atoms with Gasteiger partial charge < -0.3 is 5.32 Å². The van der Waals surface area contributed by atoms with Crippen molar-refractivity contribution in [1.82, 2.24) is 5.32 Å². The van der Waals surface area contributed by atoms with Crippen molar-refractivity contribution in [1.29, 1.82) is 0 Å². The van der Waals surface area contributed by atoms with Crippen LogP contribution in [0.15, 0.2) is 30.3 Å². The first kappa shape index (κ1) is 14.5. The second-order valence-electron chi connectivity index (χ2n) is 4.31. The van der Waals surface area contributed by atoms with Gasteiger partial charge in [-0.25, -0.2) is 0 Å². The van der Waals surface area contributed by atoms with E-state index in [1.54, 1.807) is 0 Å². The first-order chi connectivity index (χ1) is 6.61. The lowest BCUT2D eigenvalue weighted by molar-refractivity contribution is 0.439. The Hall–Kier alpha value is -0.530. The van der Waals surface area contributed by atoms with E-state index in [-0.39, 0.29) is 12.4 Å². The van der Waals surface area contributed by atoms with Crippen molar-refractivity contribution in [2.24, 2.45) is 0 Å². The Bertz CT molecular complexity index is 258. The second-order valence-corrected chi connectivity index (χ2v) is 4.31. The highest BCUT2D eigenvalue weighted by Gasteiger charge is 2.13. The maximum atomic E-state index is 3.54. The molecule has 2 heteroatoms. The Morgan fingerprint density at radius 1 is 0.933 bits per heavy atom. The molecule has 15 heavy (non-hydrogen) atoms. The molecule has 0 saturated carbocycles. The van der Waals surface area contributed by atoms with Crippen LogP contribution in [0.5, 0.6) is 0 Å². The molecule has 0 amide bonds. The van der Waals surface area contributed by atoms with E-state index in [0.717, 1.165) is 0 Å². The monoisotopic (exact) mass is 227 g/mol. The number of hydrogen-bond donors (Lipinski definition) is 1. The van der Waals surface area contributed by atoms with Crippen LogP contribution in [0.1, 0.15) is 39.2 Å². The van der Waals surface area contributed by atoms with Crippen molar-refractivity contribution >= 4 is 12.4 Å². The molecule has 1 rings (SSSR count). The normalized spacial score (nSPS) is 14.5. The largest absolute Gasteiger partial charge is 0.311 e. The molecule has 0 saturated heterocycles. The van der Waals surface area contributed by atoms with Crippen molar-refractivity contribution in [3.05, 3.63) is 35.9 Å². The van der Waals surface area contributed by atoms with Crippen LogP contribution in [0.2, 0.25) is 0 Å². The fourth-order valence-corrected chi connectivity index (χ4v) is 1.72. The summed E-state index contributed by atoms with van der Waals surface area (Å²) in [5.41, 5.74) is 1.41. The fourth-order valence-electron chi connectivity index (χ4n) is 1.72. The van der Waals surface area contributed by atoms with Crippen LogP contribution in [0, 0.1) is 0 Å². The van der Waals surface area contributed by atoms with Gasteiger partial charge in [-0.3, -0.25) is 0 Å². The van der Waals surface area contributed by atoms with Gasteiger partial charge in [0.2, 0.25) is 0 Å². The summed E-state index contributed by atoms with van der Waals surface area (Å²) in [6.45, 7) is 8.90. The van der Waals surface area contributed by atoms with Gasteiger partial charge in [-0.15, -0.1) is 12.4 Å². The number of benzene rings is 1. The van der Waals surface area contributed by atoms with Crippen LogP contribution in [0.3, 0.4) is 0 Å². The molecule has 2 unspecified atom stereocenters. The third-order valence-electron chi connectivity index (χ3n) is 2.67. The van der Waals surface area contributed by atoms with Crippen LogP contribution in [0.25, 0.3) is 0 Å². The highest BCUT2D eigenvalue weighted by atomic mass is 35.5. The third-order valence-corrected chi connectivity index (χ3v) is 2.67. The van der Waals surface area contributed by atoms with Crippen molar-refractivity contribution in [2.75, 3.05) is 0 Å². The molecule has 0 aliphatic heterocycles. The van der Waals surface area contributed by atoms with E-state index in [1.807, 2.05) is 0 Å². The fraction of sp³-hybridized carbons (Fsp3) is 0.538. The highest BCUT2D eigenvalue weighted by Crippen LogP contribution is 2.18. The zero-order valence-corrected chi connectivity index (χ0v) is 10.8. The first-order valence-electron chi connectivity index (χ1n) is 5.42. The minimum absolute atomic E-state index is 0. The lowest BCUT2D eigenvalue weighted by atomic mass is 9.94. The van der Waals surface area contributed by atoms with E-state index in [1.165, 1.54) is 5.56 Å². The Morgan fingerprint density at radius 2 is 1.47 bits per heavy atom. The summed E-state index contributed by atoms with van der Waals surface area (Å²) in [6, 6.07) is 11.7. The summed E-state index contributed by atoms with van der Waals surface area (Å²) in [5, 5.41) is 3.54. The first-order valence-corrected chi connectivity index (χ1v) is 5.42. The number of halogens is 1. The summed E-state index contributed by atoms with van der Waals surface area (Å²) in [5.74, 6) is 0.568. The van der Waals surface area contributed by atoms with Crippen LogP contribution in [-0.2, 0) is 0 Å². The zero-order valence-electron chi connectivity index (χ0n) is 10.0. The minimum atomic E-state index is 0. The quantitative estimate of drug-likeness (QED) is 0.829. The highest BCUT2D eigenvalue weighted by molar-refractivity contribution is 5.85. The van der Waals surface area contributed by atoms with Crippen molar-refractivity contribution in [2.45, 2.75) is 45.7 Å². The lowest BCUT2D eigenvalue weighted by Gasteiger charge is -2.23. The molecule has 1 nitrogen and oxygen atoms in total. The SMILES string of the molecule is CC(C)NC(C)C(C)c1ccccc1.Cl. The molecule has 1 aromatic rings. The number of nitrogens with one attached hydrogen (secondary N) is 1. The summed E-state index contributed by atoms with van der Waals surface area (Å²) in [6.07, 6.45) is 0. The lowest BCUT2D eigenvalue weighted by Crippen LogP contribution is -2.35. The molecular formula is C13H22ClN. The van der Waals surface area contributed by atoms with E-state index in [9.17, 15) is 0 Å². The van der Waals surface area contributed by atoms with Gasteiger partial charge >= 0.3 is 0 Å². The maximum Gasteiger partial charge on any atom is 0.0107 e. The molecule has 0 bridgehead atoms. The standard InChI is InChI=1S/C13H21N.ClH/c1-10(2)14-12(4)11(3)13-8-6-5-7-9-13;/h5-12,14H,1-4H3;1H. The average Bonchev–Trinajstić information content (AvgIpc) is 2.17. The molecule has 0 aliphatic rings. The van der Waals surface area contributed by atoms with Crippen molar-refractivity contribution in [3.8, 4) is 0 Å². The van der Waals surface area contributed by atoms with Gasteiger partial charge in [0, 0.05) is 12.1 Å². The predicted octanol–water partition coefficient (Wildman–Crippen LogP) is 3.60. The Morgan fingerprint density at radius 3 is 1.93 bits per heavy atom. The number of rotatable bonds is 4. The Kier molecular flexibility index (Phi) is 6.62. The van der Waals surface area contributed by atoms with Crippen molar-refractivity contribution in [3.63, 3.8) is 0 Å². The Balaban J connectivity index is 0.00000196. The van der Waals surface area contributed by atoms with E-state index >= 15 is 0 Å². The van der Waals surface area contributed by atoms with Crippen LogP contribution in [0.4, 0.5) is 0 Å². The van der Waals surface area contributed by atoms with Gasteiger partial charge in [0.15, 0.2) is 0 Å². The smallest absolute Gasteiger partial charge is 0.0107 e. The summed E-state index contributed by atoms with van der Waals surface area (Å²) < 4.78 is 0. The van der Waals surface area contributed by atoms with Crippen LogP contribution in [-0.4, -0.2) is 12.1 Å². The van der Waals surface area contributed by atoms with Gasteiger partial charge in [-0.2, -0.15) is 0 Å². The summed E-state index contributed by atoms with van der Waals surface area (Å²) in [4.78, 5) is 0. The molecule has 0 aliphatic carbocycles. The second kappa shape index (κ2) is 6.86. The average molecular weight is 228 g/mol. The van der Waals surface area contributed by atoms with Gasteiger partial charge in [0.1, 0.15) is 0 Å². The molecule has 0 radical (unpaired) electrons. The van der Waals surface area contributed by atoms with Crippen LogP contribution < -0.4 is 5.32 Å². The minimum Gasteiger partial charge on any atom is -0.311 e. The topological polar surface area (TPSA) is 12.0 Å². The molecule has 0 aromatic heterocycles. The number of hydrogen-bond acceptors (Lipinski definition) is 1. The van der Waals surface area contributed by atoms with Crippen molar-refractivity contribution < 1.29 is 0 Å². The molecule has 2 atom stereocenters.